The van der Waals surface area contributed by atoms with Crippen LogP contribution in [0.4, 0.5) is 5.69 Å². The van der Waals surface area contributed by atoms with Crippen molar-refractivity contribution in [3.05, 3.63) is 54.1 Å². The summed E-state index contributed by atoms with van der Waals surface area (Å²) in [6.45, 7) is 5.69. The third-order valence-corrected chi connectivity index (χ3v) is 5.37. The molecule has 0 bridgehead atoms. The van der Waals surface area contributed by atoms with Crippen LogP contribution < -0.4 is 19.1 Å². The van der Waals surface area contributed by atoms with Gasteiger partial charge in [-0.3, -0.25) is 9.10 Å². The second-order valence-electron chi connectivity index (χ2n) is 6.97. The highest BCUT2D eigenvalue weighted by Crippen LogP contribution is 2.25. The average molecular weight is 421 g/mol. The van der Waals surface area contributed by atoms with Gasteiger partial charge in [-0.2, -0.15) is 0 Å². The van der Waals surface area contributed by atoms with Crippen molar-refractivity contribution in [2.24, 2.45) is 0 Å². The van der Waals surface area contributed by atoms with Crippen molar-refractivity contribution in [2.45, 2.75) is 39.5 Å². The number of benzene rings is 2. The lowest BCUT2D eigenvalue weighted by Crippen LogP contribution is -2.47. The standard InChI is InChI=1S/C21H28N2O5S/c1-15(2)28-20-11-6-8-17(12-20)14-22-21(24)16(3)23(29(5,25)26)18-9-7-10-19(13-18)27-4/h6-13,15-16H,14H2,1-5H3,(H,22,24)/t16-/m1/s1. The van der Waals surface area contributed by atoms with E-state index in [-0.39, 0.29) is 12.6 Å². The quantitative estimate of drug-likeness (QED) is 0.674. The van der Waals surface area contributed by atoms with E-state index in [0.29, 0.717) is 17.2 Å². The molecule has 7 nitrogen and oxygen atoms in total. The molecule has 1 atom stereocenters. The normalized spacial score (nSPS) is 12.3. The zero-order chi connectivity index (χ0) is 21.6. The van der Waals surface area contributed by atoms with Crippen molar-refractivity contribution in [1.29, 1.82) is 0 Å². The zero-order valence-corrected chi connectivity index (χ0v) is 18.2. The van der Waals surface area contributed by atoms with Crippen LogP contribution in [0.3, 0.4) is 0 Å². The van der Waals surface area contributed by atoms with Gasteiger partial charge in [0.2, 0.25) is 15.9 Å². The fraction of sp³-hybridized carbons (Fsp3) is 0.381. The van der Waals surface area contributed by atoms with E-state index in [0.717, 1.165) is 16.1 Å². The van der Waals surface area contributed by atoms with Crippen LogP contribution in [-0.4, -0.2) is 39.8 Å². The number of methoxy groups -OCH3 is 1. The number of amides is 1. The lowest BCUT2D eigenvalue weighted by molar-refractivity contribution is -0.122. The van der Waals surface area contributed by atoms with Crippen LogP contribution >= 0.6 is 0 Å². The van der Waals surface area contributed by atoms with E-state index in [1.807, 2.05) is 38.1 Å². The van der Waals surface area contributed by atoms with Gasteiger partial charge in [-0.1, -0.05) is 18.2 Å². The maximum absolute atomic E-state index is 12.7. The van der Waals surface area contributed by atoms with Crippen molar-refractivity contribution in [2.75, 3.05) is 17.7 Å². The smallest absolute Gasteiger partial charge is 0.243 e. The van der Waals surface area contributed by atoms with Crippen molar-refractivity contribution in [1.82, 2.24) is 5.32 Å². The molecule has 158 valence electrons. The Bertz CT molecular complexity index is 944. The molecule has 0 radical (unpaired) electrons. The minimum absolute atomic E-state index is 0.0473. The average Bonchev–Trinajstić information content (AvgIpc) is 2.65. The molecule has 0 spiro atoms. The van der Waals surface area contributed by atoms with Crippen LogP contribution in [0.5, 0.6) is 11.5 Å². The lowest BCUT2D eigenvalue weighted by Gasteiger charge is -2.28. The fourth-order valence-corrected chi connectivity index (χ4v) is 4.06. The van der Waals surface area contributed by atoms with E-state index in [9.17, 15) is 13.2 Å². The highest BCUT2D eigenvalue weighted by atomic mass is 32.2. The molecule has 2 aromatic rings. The first kappa shape index (κ1) is 22.5. The molecule has 0 aliphatic rings. The Hall–Kier alpha value is -2.74. The molecule has 0 unspecified atom stereocenters. The maximum Gasteiger partial charge on any atom is 0.243 e. The van der Waals surface area contributed by atoms with Gasteiger partial charge < -0.3 is 14.8 Å². The molecule has 29 heavy (non-hydrogen) atoms. The molecule has 0 saturated carbocycles. The molecular formula is C21H28N2O5S. The molecule has 0 saturated heterocycles. The number of hydrogen-bond donors (Lipinski definition) is 1. The molecule has 1 N–H and O–H groups in total. The van der Waals surface area contributed by atoms with Crippen LogP contribution in [0.25, 0.3) is 0 Å². The second-order valence-corrected chi connectivity index (χ2v) is 8.83. The maximum atomic E-state index is 12.7. The van der Waals surface area contributed by atoms with Crippen LogP contribution in [0, 0.1) is 0 Å². The SMILES string of the molecule is COc1cccc(N([C@H](C)C(=O)NCc2cccc(OC(C)C)c2)S(C)(=O)=O)c1. The largest absolute Gasteiger partial charge is 0.497 e. The number of ether oxygens (including phenoxy) is 2. The number of nitrogens with zero attached hydrogens (tertiary/aromatic N) is 1. The molecule has 0 aliphatic heterocycles. The number of carbonyl (C=O) groups is 1. The molecule has 2 aromatic carbocycles. The van der Waals surface area contributed by atoms with Crippen LogP contribution in [-0.2, 0) is 21.4 Å². The minimum Gasteiger partial charge on any atom is -0.497 e. The van der Waals surface area contributed by atoms with Crippen LogP contribution in [0.1, 0.15) is 26.3 Å². The van der Waals surface area contributed by atoms with Gasteiger partial charge in [-0.05, 0) is 50.6 Å². The highest BCUT2D eigenvalue weighted by molar-refractivity contribution is 7.92. The number of carbonyl (C=O) groups excluding carboxylic acids is 1. The number of anilines is 1. The summed E-state index contributed by atoms with van der Waals surface area (Å²) < 4.78 is 36.7. The first-order chi connectivity index (χ1) is 13.6. The summed E-state index contributed by atoms with van der Waals surface area (Å²) in [5.41, 5.74) is 1.22. The van der Waals surface area contributed by atoms with Crippen molar-refractivity contribution in [3.8, 4) is 11.5 Å². The zero-order valence-electron chi connectivity index (χ0n) is 17.4. The van der Waals surface area contributed by atoms with Gasteiger partial charge in [0, 0.05) is 12.6 Å². The molecule has 0 aliphatic carbocycles. The highest BCUT2D eigenvalue weighted by Gasteiger charge is 2.29. The van der Waals surface area contributed by atoms with Gasteiger partial charge in [0.25, 0.3) is 0 Å². The monoisotopic (exact) mass is 420 g/mol. The Labute approximate surface area is 172 Å². The van der Waals surface area contributed by atoms with Gasteiger partial charge in [0.1, 0.15) is 17.5 Å². The predicted molar refractivity (Wildman–Crippen MR) is 114 cm³/mol. The van der Waals surface area contributed by atoms with E-state index in [2.05, 4.69) is 5.32 Å². The summed E-state index contributed by atoms with van der Waals surface area (Å²) in [5.74, 6) is 0.813. The Kier molecular flexibility index (Phi) is 7.50. The molecule has 0 fully saturated rings. The molecule has 0 aromatic heterocycles. The molecule has 1 amide bonds. The van der Waals surface area contributed by atoms with Crippen LogP contribution in [0.2, 0.25) is 0 Å². The van der Waals surface area contributed by atoms with E-state index in [1.54, 1.807) is 31.2 Å². The van der Waals surface area contributed by atoms with Gasteiger partial charge >= 0.3 is 0 Å². The number of rotatable bonds is 9. The van der Waals surface area contributed by atoms with Gasteiger partial charge in [0.05, 0.1) is 25.2 Å². The number of nitrogens with one attached hydrogen (secondary N) is 1. The Morgan fingerprint density at radius 2 is 1.72 bits per heavy atom. The Morgan fingerprint density at radius 3 is 2.34 bits per heavy atom. The molecule has 0 heterocycles. The Morgan fingerprint density at radius 1 is 1.07 bits per heavy atom. The van der Waals surface area contributed by atoms with Gasteiger partial charge in [-0.25, -0.2) is 8.42 Å². The fourth-order valence-electron chi connectivity index (χ4n) is 2.89. The third-order valence-electron chi connectivity index (χ3n) is 4.13. The topological polar surface area (TPSA) is 84.9 Å². The molecule has 2 rings (SSSR count). The van der Waals surface area contributed by atoms with Crippen LogP contribution in [0.15, 0.2) is 48.5 Å². The molecular weight excluding hydrogens is 392 g/mol. The molecule has 8 heteroatoms. The van der Waals surface area contributed by atoms with E-state index < -0.39 is 22.0 Å². The first-order valence-electron chi connectivity index (χ1n) is 9.28. The first-order valence-corrected chi connectivity index (χ1v) is 11.1. The summed E-state index contributed by atoms with van der Waals surface area (Å²) in [6.07, 6.45) is 1.12. The van der Waals surface area contributed by atoms with Gasteiger partial charge in [-0.15, -0.1) is 0 Å². The van der Waals surface area contributed by atoms with Crippen molar-refractivity contribution < 1.29 is 22.7 Å². The van der Waals surface area contributed by atoms with E-state index in [4.69, 9.17) is 9.47 Å². The summed E-state index contributed by atoms with van der Waals surface area (Å²) in [6, 6.07) is 13.1. The minimum atomic E-state index is -3.69. The lowest BCUT2D eigenvalue weighted by atomic mass is 10.2. The van der Waals surface area contributed by atoms with Crippen molar-refractivity contribution in [3.63, 3.8) is 0 Å². The summed E-state index contributed by atoms with van der Waals surface area (Å²) >= 11 is 0. The predicted octanol–water partition coefficient (Wildman–Crippen LogP) is 2.95. The summed E-state index contributed by atoms with van der Waals surface area (Å²) in [5, 5.41) is 2.80. The number of hydrogen-bond acceptors (Lipinski definition) is 5. The Balaban J connectivity index is 2.15. The second kappa shape index (κ2) is 9.65. The number of sulfonamides is 1. The van der Waals surface area contributed by atoms with E-state index in [1.165, 1.54) is 7.11 Å². The van der Waals surface area contributed by atoms with E-state index >= 15 is 0 Å². The third kappa shape index (κ3) is 6.39. The van der Waals surface area contributed by atoms with Gasteiger partial charge in [0.15, 0.2) is 0 Å². The summed E-state index contributed by atoms with van der Waals surface area (Å²) in [7, 11) is -2.20. The summed E-state index contributed by atoms with van der Waals surface area (Å²) in [4.78, 5) is 12.7. The van der Waals surface area contributed by atoms with Crippen molar-refractivity contribution >= 4 is 21.6 Å².